The second kappa shape index (κ2) is 5.69. The number of aromatic nitrogens is 1. The van der Waals surface area contributed by atoms with E-state index in [2.05, 4.69) is 21.5 Å². The van der Waals surface area contributed by atoms with E-state index in [-0.39, 0.29) is 11.5 Å². The number of anilines is 1. The zero-order chi connectivity index (χ0) is 14.0. The van der Waals surface area contributed by atoms with Gasteiger partial charge < -0.3 is 9.64 Å². The number of hydrogen-bond acceptors (Lipinski definition) is 6. The van der Waals surface area contributed by atoms with E-state index in [4.69, 9.17) is 0 Å². The van der Waals surface area contributed by atoms with E-state index >= 15 is 0 Å². The highest BCUT2D eigenvalue weighted by molar-refractivity contribution is 7.17. The van der Waals surface area contributed by atoms with Crippen LogP contribution in [0.1, 0.15) is 46.8 Å². The number of carbonyl (C=O) groups excluding carboxylic acids is 2. The summed E-state index contributed by atoms with van der Waals surface area (Å²) in [5.74, 6) is -0.0769. The Balaban J connectivity index is 2.31. The predicted octanol–water partition coefficient (Wildman–Crippen LogP) is 2.37. The second-order valence-electron chi connectivity index (χ2n) is 4.92. The molecule has 1 aliphatic heterocycles. The van der Waals surface area contributed by atoms with Crippen LogP contribution in [-0.2, 0) is 4.74 Å². The van der Waals surface area contributed by atoms with Crippen LogP contribution in [0.25, 0.3) is 0 Å². The first kappa shape index (κ1) is 14.0. The van der Waals surface area contributed by atoms with Crippen molar-refractivity contribution < 1.29 is 14.3 Å². The number of hydrogen-bond donors (Lipinski definition) is 0. The molecule has 1 unspecified atom stereocenters. The molecular weight excluding hydrogens is 264 g/mol. The van der Waals surface area contributed by atoms with Crippen LogP contribution in [0.2, 0.25) is 0 Å². The molecule has 1 aliphatic rings. The number of thiazole rings is 1. The zero-order valence-corrected chi connectivity index (χ0v) is 12.2. The van der Waals surface area contributed by atoms with Gasteiger partial charge in [0.1, 0.15) is 4.88 Å². The molecule has 2 rings (SSSR count). The number of esters is 1. The van der Waals surface area contributed by atoms with Crippen molar-refractivity contribution in [3.8, 4) is 0 Å². The highest BCUT2D eigenvalue weighted by Crippen LogP contribution is 2.30. The molecular formula is C13H18N2O3S. The van der Waals surface area contributed by atoms with E-state index in [9.17, 15) is 9.59 Å². The third-order valence-electron chi connectivity index (χ3n) is 3.24. The number of methoxy groups -OCH3 is 1. The average molecular weight is 282 g/mol. The second-order valence-corrected chi connectivity index (χ2v) is 5.89. The quantitative estimate of drug-likeness (QED) is 0.629. The fraction of sp³-hybridized carbons (Fsp3) is 0.615. The molecule has 6 heteroatoms. The molecule has 2 heterocycles. The van der Waals surface area contributed by atoms with Gasteiger partial charge in [-0.1, -0.05) is 18.3 Å². The van der Waals surface area contributed by atoms with Crippen LogP contribution in [0.15, 0.2) is 0 Å². The summed E-state index contributed by atoms with van der Waals surface area (Å²) in [6.07, 6.45) is 2.33. The number of carbonyl (C=O) groups is 2. The molecule has 19 heavy (non-hydrogen) atoms. The Hall–Kier alpha value is -1.43. The van der Waals surface area contributed by atoms with Crippen molar-refractivity contribution in [2.24, 2.45) is 5.92 Å². The smallest absolute Gasteiger partial charge is 0.358 e. The molecule has 0 amide bonds. The largest absolute Gasteiger partial charge is 0.464 e. The monoisotopic (exact) mass is 282 g/mol. The fourth-order valence-electron chi connectivity index (χ4n) is 2.28. The molecule has 0 N–H and O–H groups in total. The maximum atomic E-state index is 11.7. The summed E-state index contributed by atoms with van der Waals surface area (Å²) in [4.78, 5) is 30.1. The standard InChI is InChI=1S/C13H18N2O3S/c1-8-5-4-6-15(7-8)13-14-10(12(17)18-3)11(19-13)9(2)16/h8H,4-7H2,1-3H3. The molecule has 5 nitrogen and oxygen atoms in total. The van der Waals surface area contributed by atoms with Crippen molar-refractivity contribution in [3.05, 3.63) is 10.6 Å². The van der Waals surface area contributed by atoms with Crippen LogP contribution in [0.3, 0.4) is 0 Å². The average Bonchev–Trinajstić information content (AvgIpc) is 2.83. The van der Waals surface area contributed by atoms with Crippen LogP contribution < -0.4 is 4.90 Å². The first-order valence-electron chi connectivity index (χ1n) is 6.38. The molecule has 0 radical (unpaired) electrons. The van der Waals surface area contributed by atoms with Crippen LogP contribution in [-0.4, -0.2) is 36.9 Å². The molecule has 1 saturated heterocycles. The molecule has 0 spiro atoms. The van der Waals surface area contributed by atoms with Crippen LogP contribution in [0, 0.1) is 5.92 Å². The Kier molecular flexibility index (Phi) is 4.19. The maximum Gasteiger partial charge on any atom is 0.358 e. The SMILES string of the molecule is COC(=O)c1nc(N2CCCC(C)C2)sc1C(C)=O. The lowest BCUT2D eigenvalue weighted by molar-refractivity contribution is 0.0591. The van der Waals surface area contributed by atoms with Gasteiger partial charge in [-0.3, -0.25) is 4.79 Å². The number of Topliss-reactive ketones (excluding diaryl/α,β-unsaturated/α-hetero) is 1. The van der Waals surface area contributed by atoms with Crippen LogP contribution in [0.4, 0.5) is 5.13 Å². The molecule has 0 bridgehead atoms. The van der Waals surface area contributed by atoms with Crippen molar-refractivity contribution >= 4 is 28.2 Å². The van der Waals surface area contributed by atoms with E-state index in [1.54, 1.807) is 0 Å². The third-order valence-corrected chi connectivity index (χ3v) is 4.46. The van der Waals surface area contributed by atoms with E-state index in [0.29, 0.717) is 10.8 Å². The molecule has 104 valence electrons. The number of piperidine rings is 1. The van der Waals surface area contributed by atoms with Gasteiger partial charge >= 0.3 is 5.97 Å². The van der Waals surface area contributed by atoms with Gasteiger partial charge in [-0.2, -0.15) is 0 Å². The van der Waals surface area contributed by atoms with Crippen molar-refractivity contribution in [3.63, 3.8) is 0 Å². The molecule has 1 fully saturated rings. The fourth-order valence-corrected chi connectivity index (χ4v) is 3.26. The molecule has 0 saturated carbocycles. The van der Waals surface area contributed by atoms with Crippen LogP contribution >= 0.6 is 11.3 Å². The van der Waals surface area contributed by atoms with Gasteiger partial charge in [-0.25, -0.2) is 9.78 Å². The topological polar surface area (TPSA) is 59.5 Å². The van der Waals surface area contributed by atoms with Crippen molar-refractivity contribution in [2.45, 2.75) is 26.7 Å². The molecule has 0 aliphatic carbocycles. The van der Waals surface area contributed by atoms with Crippen molar-refractivity contribution in [1.29, 1.82) is 0 Å². The first-order valence-corrected chi connectivity index (χ1v) is 7.19. The normalized spacial score (nSPS) is 19.3. The summed E-state index contributed by atoms with van der Waals surface area (Å²) in [6, 6.07) is 0. The van der Waals surface area contributed by atoms with Gasteiger partial charge in [0.05, 0.1) is 7.11 Å². The Morgan fingerprint density at radius 2 is 2.21 bits per heavy atom. The lowest BCUT2D eigenvalue weighted by Crippen LogP contribution is -2.34. The Bertz CT molecular complexity index is 498. The summed E-state index contributed by atoms with van der Waals surface area (Å²) in [5, 5.41) is 0.747. The summed E-state index contributed by atoms with van der Waals surface area (Å²) < 4.78 is 4.68. The minimum absolute atomic E-state index is 0.144. The number of rotatable bonds is 3. The van der Waals surface area contributed by atoms with E-state index in [1.165, 1.54) is 31.8 Å². The van der Waals surface area contributed by atoms with E-state index < -0.39 is 5.97 Å². The Morgan fingerprint density at radius 3 is 2.79 bits per heavy atom. The van der Waals surface area contributed by atoms with Gasteiger partial charge in [-0.05, 0) is 18.8 Å². The highest BCUT2D eigenvalue weighted by Gasteiger charge is 2.26. The molecule has 0 aromatic carbocycles. The van der Waals surface area contributed by atoms with Crippen LogP contribution in [0.5, 0.6) is 0 Å². The lowest BCUT2D eigenvalue weighted by Gasteiger charge is -2.30. The minimum atomic E-state index is -0.544. The molecule has 1 atom stereocenters. The van der Waals surface area contributed by atoms with Gasteiger partial charge in [0.15, 0.2) is 16.6 Å². The summed E-state index contributed by atoms with van der Waals surface area (Å²) >= 11 is 1.28. The summed E-state index contributed by atoms with van der Waals surface area (Å²) in [5.41, 5.74) is 0.147. The van der Waals surface area contributed by atoms with Gasteiger partial charge in [0, 0.05) is 20.0 Å². The maximum absolute atomic E-state index is 11.7. The number of nitrogens with zero attached hydrogens (tertiary/aromatic N) is 2. The first-order chi connectivity index (χ1) is 9.02. The zero-order valence-electron chi connectivity index (χ0n) is 11.4. The molecule has 1 aromatic heterocycles. The third kappa shape index (κ3) is 2.94. The van der Waals surface area contributed by atoms with Gasteiger partial charge in [0.25, 0.3) is 0 Å². The van der Waals surface area contributed by atoms with Gasteiger partial charge in [-0.15, -0.1) is 0 Å². The van der Waals surface area contributed by atoms with E-state index in [0.717, 1.165) is 24.6 Å². The Morgan fingerprint density at radius 1 is 1.47 bits per heavy atom. The summed E-state index contributed by atoms with van der Waals surface area (Å²) in [6.45, 7) is 5.50. The van der Waals surface area contributed by atoms with Crippen molar-refractivity contribution in [2.75, 3.05) is 25.1 Å². The van der Waals surface area contributed by atoms with Crippen molar-refractivity contribution in [1.82, 2.24) is 4.98 Å². The minimum Gasteiger partial charge on any atom is -0.464 e. The summed E-state index contributed by atoms with van der Waals surface area (Å²) in [7, 11) is 1.30. The highest BCUT2D eigenvalue weighted by atomic mass is 32.1. The lowest BCUT2D eigenvalue weighted by atomic mass is 10.0. The molecule has 1 aromatic rings. The predicted molar refractivity (Wildman–Crippen MR) is 74.1 cm³/mol. The Labute approximate surface area is 116 Å². The van der Waals surface area contributed by atoms with E-state index in [1.807, 2.05) is 0 Å². The van der Waals surface area contributed by atoms with Gasteiger partial charge in [0.2, 0.25) is 0 Å². The number of ketones is 1. The number of ether oxygens (including phenoxy) is 1.